The average Bonchev–Trinajstić information content (AvgIpc) is 2.42. The Morgan fingerprint density at radius 1 is 1.30 bits per heavy atom. The number of piperidine rings is 1. The summed E-state index contributed by atoms with van der Waals surface area (Å²) >= 11 is 0. The number of halogens is 2. The fourth-order valence-corrected chi connectivity index (χ4v) is 2.98. The highest BCUT2D eigenvalue weighted by molar-refractivity contribution is 5.21. The van der Waals surface area contributed by atoms with Crippen molar-refractivity contribution in [3.05, 3.63) is 35.4 Å². The van der Waals surface area contributed by atoms with Crippen LogP contribution in [0.2, 0.25) is 0 Å². The standard InChI is InChI=1S/C16H24F2N2/c1-11(9-14-5-3-4-8-19-14)20-12(2)15-10-13(17)6-7-16(15)18/h6-7,10-12,14,19-20H,3-5,8-9H2,1-2H3. The predicted octanol–water partition coefficient (Wildman–Crippen LogP) is 3.54. The van der Waals surface area contributed by atoms with Gasteiger partial charge in [0.2, 0.25) is 0 Å². The molecular weight excluding hydrogens is 258 g/mol. The SMILES string of the molecule is CC(CC1CCCCN1)NC(C)c1cc(F)ccc1F. The second-order valence-electron chi connectivity index (χ2n) is 5.84. The van der Waals surface area contributed by atoms with Gasteiger partial charge < -0.3 is 10.6 Å². The highest BCUT2D eigenvalue weighted by Crippen LogP contribution is 2.20. The van der Waals surface area contributed by atoms with Crippen molar-refractivity contribution >= 4 is 0 Å². The van der Waals surface area contributed by atoms with Crippen molar-refractivity contribution in [2.24, 2.45) is 0 Å². The summed E-state index contributed by atoms with van der Waals surface area (Å²) in [6.45, 7) is 5.07. The van der Waals surface area contributed by atoms with E-state index in [-0.39, 0.29) is 17.9 Å². The molecule has 2 nitrogen and oxygen atoms in total. The zero-order chi connectivity index (χ0) is 14.5. The monoisotopic (exact) mass is 282 g/mol. The quantitative estimate of drug-likeness (QED) is 0.863. The molecule has 112 valence electrons. The minimum atomic E-state index is -0.392. The van der Waals surface area contributed by atoms with Crippen LogP contribution >= 0.6 is 0 Å². The summed E-state index contributed by atoms with van der Waals surface area (Å²) in [5.74, 6) is -0.744. The lowest BCUT2D eigenvalue weighted by atomic mass is 9.98. The van der Waals surface area contributed by atoms with Crippen LogP contribution in [-0.4, -0.2) is 18.6 Å². The molecule has 1 saturated heterocycles. The highest BCUT2D eigenvalue weighted by atomic mass is 19.1. The molecule has 0 amide bonds. The van der Waals surface area contributed by atoms with Gasteiger partial charge in [-0.25, -0.2) is 8.78 Å². The van der Waals surface area contributed by atoms with E-state index in [1.54, 1.807) is 0 Å². The smallest absolute Gasteiger partial charge is 0.128 e. The second kappa shape index (κ2) is 7.14. The van der Waals surface area contributed by atoms with Crippen molar-refractivity contribution < 1.29 is 8.78 Å². The highest BCUT2D eigenvalue weighted by Gasteiger charge is 2.18. The van der Waals surface area contributed by atoms with Gasteiger partial charge in [-0.05, 0) is 57.9 Å². The minimum Gasteiger partial charge on any atom is -0.314 e. The molecule has 3 unspecified atom stereocenters. The lowest BCUT2D eigenvalue weighted by molar-refractivity contribution is 0.332. The van der Waals surface area contributed by atoms with Gasteiger partial charge in [-0.3, -0.25) is 0 Å². The third-order valence-electron chi connectivity index (χ3n) is 4.01. The van der Waals surface area contributed by atoms with E-state index in [1.165, 1.54) is 31.4 Å². The molecule has 0 bridgehead atoms. The van der Waals surface area contributed by atoms with Gasteiger partial charge in [-0.1, -0.05) is 6.42 Å². The van der Waals surface area contributed by atoms with E-state index in [1.807, 2.05) is 6.92 Å². The summed E-state index contributed by atoms with van der Waals surface area (Å²) in [7, 11) is 0. The van der Waals surface area contributed by atoms with E-state index in [0.717, 1.165) is 19.0 Å². The van der Waals surface area contributed by atoms with Crippen LogP contribution in [0.3, 0.4) is 0 Å². The van der Waals surface area contributed by atoms with Crippen molar-refractivity contribution in [1.29, 1.82) is 0 Å². The molecule has 1 aliphatic heterocycles. The molecule has 20 heavy (non-hydrogen) atoms. The van der Waals surface area contributed by atoms with E-state index in [4.69, 9.17) is 0 Å². The molecule has 0 aliphatic carbocycles. The van der Waals surface area contributed by atoms with Gasteiger partial charge in [0.15, 0.2) is 0 Å². The van der Waals surface area contributed by atoms with Gasteiger partial charge in [0.1, 0.15) is 11.6 Å². The fraction of sp³-hybridized carbons (Fsp3) is 0.625. The topological polar surface area (TPSA) is 24.1 Å². The third kappa shape index (κ3) is 4.25. The van der Waals surface area contributed by atoms with Crippen LogP contribution in [0.4, 0.5) is 8.78 Å². The molecule has 1 aromatic carbocycles. The molecule has 2 rings (SSSR count). The molecule has 1 aliphatic rings. The van der Waals surface area contributed by atoms with Crippen molar-refractivity contribution in [2.45, 2.75) is 57.7 Å². The van der Waals surface area contributed by atoms with Gasteiger partial charge in [-0.2, -0.15) is 0 Å². The van der Waals surface area contributed by atoms with E-state index in [2.05, 4.69) is 17.6 Å². The molecular formula is C16H24F2N2. The summed E-state index contributed by atoms with van der Waals surface area (Å²) in [6.07, 6.45) is 4.75. The summed E-state index contributed by atoms with van der Waals surface area (Å²) < 4.78 is 26.9. The first kappa shape index (κ1) is 15.4. The molecule has 0 saturated carbocycles. The van der Waals surface area contributed by atoms with Crippen LogP contribution in [0.25, 0.3) is 0 Å². The van der Waals surface area contributed by atoms with Gasteiger partial charge >= 0.3 is 0 Å². The summed E-state index contributed by atoms with van der Waals surface area (Å²) in [6, 6.07) is 4.23. The lowest BCUT2D eigenvalue weighted by Crippen LogP contribution is -2.40. The first-order valence-electron chi connectivity index (χ1n) is 7.50. The fourth-order valence-electron chi connectivity index (χ4n) is 2.98. The molecule has 0 aromatic heterocycles. The predicted molar refractivity (Wildman–Crippen MR) is 77.6 cm³/mol. The maximum atomic E-state index is 13.7. The third-order valence-corrected chi connectivity index (χ3v) is 4.01. The number of rotatable bonds is 5. The number of hydrogen-bond donors (Lipinski definition) is 2. The Kier molecular flexibility index (Phi) is 5.49. The Morgan fingerprint density at radius 3 is 2.80 bits per heavy atom. The molecule has 1 aromatic rings. The summed E-state index contributed by atoms with van der Waals surface area (Å²) in [5.41, 5.74) is 0.397. The van der Waals surface area contributed by atoms with E-state index < -0.39 is 5.82 Å². The van der Waals surface area contributed by atoms with Crippen molar-refractivity contribution in [3.63, 3.8) is 0 Å². The Balaban J connectivity index is 1.89. The number of nitrogens with one attached hydrogen (secondary N) is 2. The van der Waals surface area contributed by atoms with E-state index in [0.29, 0.717) is 11.6 Å². The molecule has 1 fully saturated rings. The van der Waals surface area contributed by atoms with Crippen LogP contribution in [-0.2, 0) is 0 Å². The molecule has 4 heteroatoms. The van der Waals surface area contributed by atoms with Crippen LogP contribution in [0.1, 0.15) is 51.1 Å². The Labute approximate surface area is 120 Å². The first-order valence-corrected chi connectivity index (χ1v) is 7.50. The largest absolute Gasteiger partial charge is 0.314 e. The van der Waals surface area contributed by atoms with Crippen molar-refractivity contribution in [2.75, 3.05) is 6.54 Å². The molecule has 2 N–H and O–H groups in total. The van der Waals surface area contributed by atoms with Gasteiger partial charge in [-0.15, -0.1) is 0 Å². The minimum absolute atomic E-state index is 0.190. The van der Waals surface area contributed by atoms with Crippen LogP contribution in [0, 0.1) is 11.6 Å². The van der Waals surface area contributed by atoms with Gasteiger partial charge in [0, 0.05) is 23.7 Å². The number of benzene rings is 1. The van der Waals surface area contributed by atoms with E-state index in [9.17, 15) is 8.78 Å². The zero-order valence-electron chi connectivity index (χ0n) is 12.3. The summed E-state index contributed by atoms with van der Waals surface area (Å²) in [5, 5.41) is 6.87. The van der Waals surface area contributed by atoms with Gasteiger partial charge in [0.25, 0.3) is 0 Å². The second-order valence-corrected chi connectivity index (χ2v) is 5.84. The Bertz CT molecular complexity index is 430. The van der Waals surface area contributed by atoms with Gasteiger partial charge in [0.05, 0.1) is 0 Å². The molecule has 0 radical (unpaired) electrons. The normalized spacial score (nSPS) is 22.5. The molecule has 3 atom stereocenters. The zero-order valence-corrected chi connectivity index (χ0v) is 12.3. The van der Waals surface area contributed by atoms with Crippen molar-refractivity contribution in [3.8, 4) is 0 Å². The van der Waals surface area contributed by atoms with Crippen molar-refractivity contribution in [1.82, 2.24) is 10.6 Å². The molecule has 0 spiro atoms. The first-order chi connectivity index (χ1) is 9.56. The molecule has 1 heterocycles. The van der Waals surface area contributed by atoms with Crippen LogP contribution in [0.15, 0.2) is 18.2 Å². The average molecular weight is 282 g/mol. The lowest BCUT2D eigenvalue weighted by Gasteiger charge is -2.28. The Hall–Kier alpha value is -1.00. The van der Waals surface area contributed by atoms with E-state index >= 15 is 0 Å². The van der Waals surface area contributed by atoms with Crippen LogP contribution in [0.5, 0.6) is 0 Å². The Morgan fingerprint density at radius 2 is 2.10 bits per heavy atom. The number of hydrogen-bond acceptors (Lipinski definition) is 2. The maximum Gasteiger partial charge on any atom is 0.128 e. The summed E-state index contributed by atoms with van der Waals surface area (Å²) in [4.78, 5) is 0. The maximum absolute atomic E-state index is 13.7. The van der Waals surface area contributed by atoms with Crippen LogP contribution < -0.4 is 10.6 Å².